The van der Waals surface area contributed by atoms with Crippen LogP contribution in [0.2, 0.25) is 5.02 Å². The lowest BCUT2D eigenvalue weighted by Crippen LogP contribution is -2.28. The van der Waals surface area contributed by atoms with E-state index in [4.69, 9.17) is 21.1 Å². The number of benzene rings is 1. The number of likely N-dealkylation sites (N-methyl/N-ethyl adjacent to an activating group) is 1. The van der Waals surface area contributed by atoms with E-state index in [1.807, 2.05) is 26.1 Å². The maximum atomic E-state index is 6.34. The van der Waals surface area contributed by atoms with Crippen LogP contribution >= 0.6 is 11.6 Å². The van der Waals surface area contributed by atoms with Gasteiger partial charge in [0.15, 0.2) is 11.5 Å². The van der Waals surface area contributed by atoms with E-state index >= 15 is 0 Å². The van der Waals surface area contributed by atoms with Gasteiger partial charge in [0.2, 0.25) is 0 Å². The van der Waals surface area contributed by atoms with Crippen LogP contribution in [-0.4, -0.2) is 44.8 Å². The summed E-state index contributed by atoms with van der Waals surface area (Å²) in [6, 6.07) is 3.91. The Balaban J connectivity index is 2.79. The molecule has 0 spiro atoms. The molecular weight excluding hydrogens is 288 g/mol. The second-order valence-corrected chi connectivity index (χ2v) is 5.15. The van der Waals surface area contributed by atoms with Gasteiger partial charge in [0.05, 0.1) is 11.6 Å². The van der Waals surface area contributed by atoms with E-state index in [1.165, 1.54) is 0 Å². The van der Waals surface area contributed by atoms with E-state index in [-0.39, 0.29) is 0 Å². The first-order chi connectivity index (χ1) is 10.2. The first kappa shape index (κ1) is 18.1. The Kier molecular flexibility index (Phi) is 8.50. The fourth-order valence-electron chi connectivity index (χ4n) is 2.15. The summed E-state index contributed by atoms with van der Waals surface area (Å²) in [6.45, 7) is 11.1. The molecule has 0 bridgehead atoms. The molecule has 0 fully saturated rings. The molecule has 0 amide bonds. The van der Waals surface area contributed by atoms with E-state index in [2.05, 4.69) is 24.1 Å². The average Bonchev–Trinajstić information content (AvgIpc) is 2.46. The predicted molar refractivity (Wildman–Crippen MR) is 88.7 cm³/mol. The maximum absolute atomic E-state index is 6.34. The molecule has 0 unspecified atom stereocenters. The number of hydrogen-bond acceptors (Lipinski definition) is 4. The smallest absolute Gasteiger partial charge is 0.179 e. The largest absolute Gasteiger partial charge is 0.490 e. The van der Waals surface area contributed by atoms with Crippen LogP contribution in [-0.2, 0) is 6.54 Å². The number of nitrogens with zero attached hydrogens (tertiary/aromatic N) is 1. The lowest BCUT2D eigenvalue weighted by atomic mass is 10.2. The molecule has 0 saturated heterocycles. The van der Waals surface area contributed by atoms with Crippen molar-refractivity contribution in [2.75, 3.05) is 39.9 Å². The molecule has 0 saturated carbocycles. The first-order valence-corrected chi connectivity index (χ1v) is 7.98. The summed E-state index contributed by atoms with van der Waals surface area (Å²) < 4.78 is 11.5. The third kappa shape index (κ3) is 5.73. The van der Waals surface area contributed by atoms with Gasteiger partial charge in [-0.15, -0.1) is 0 Å². The first-order valence-electron chi connectivity index (χ1n) is 7.61. The predicted octanol–water partition coefficient (Wildman–Crippen LogP) is 3.18. The molecular formula is C16H27ClN2O2. The number of ether oxygens (including phenoxy) is 2. The molecule has 1 rings (SSSR count). The van der Waals surface area contributed by atoms with Crippen LogP contribution in [0.3, 0.4) is 0 Å². The second kappa shape index (κ2) is 9.87. The highest BCUT2D eigenvalue weighted by molar-refractivity contribution is 6.32. The quantitative estimate of drug-likeness (QED) is 0.719. The summed E-state index contributed by atoms with van der Waals surface area (Å²) >= 11 is 6.34. The zero-order valence-corrected chi connectivity index (χ0v) is 14.3. The summed E-state index contributed by atoms with van der Waals surface area (Å²) in [4.78, 5) is 2.31. The van der Waals surface area contributed by atoms with Crippen molar-refractivity contribution in [3.63, 3.8) is 0 Å². The van der Waals surface area contributed by atoms with Gasteiger partial charge in [-0.1, -0.05) is 25.4 Å². The molecule has 5 heteroatoms. The minimum atomic E-state index is 0.589. The third-order valence-corrected chi connectivity index (χ3v) is 3.58. The van der Waals surface area contributed by atoms with Crippen molar-refractivity contribution in [2.24, 2.45) is 0 Å². The maximum Gasteiger partial charge on any atom is 0.179 e. The number of hydrogen-bond donors (Lipinski definition) is 1. The Hall–Kier alpha value is -0.970. The van der Waals surface area contributed by atoms with Crippen molar-refractivity contribution in [2.45, 2.75) is 27.3 Å². The second-order valence-electron chi connectivity index (χ2n) is 4.74. The van der Waals surface area contributed by atoms with Crippen LogP contribution < -0.4 is 14.8 Å². The van der Waals surface area contributed by atoms with E-state index in [9.17, 15) is 0 Å². The fourth-order valence-corrected chi connectivity index (χ4v) is 2.44. The third-order valence-electron chi connectivity index (χ3n) is 3.30. The molecule has 0 radical (unpaired) electrons. The Bertz CT molecular complexity index is 423. The van der Waals surface area contributed by atoms with Gasteiger partial charge < -0.3 is 19.7 Å². The monoisotopic (exact) mass is 314 g/mol. The lowest BCUT2D eigenvalue weighted by molar-refractivity contribution is 0.214. The highest BCUT2D eigenvalue weighted by Gasteiger charge is 2.13. The van der Waals surface area contributed by atoms with Gasteiger partial charge in [-0.25, -0.2) is 0 Å². The molecule has 0 aliphatic carbocycles. The normalized spacial score (nSPS) is 11.0. The fraction of sp³-hybridized carbons (Fsp3) is 0.625. The van der Waals surface area contributed by atoms with Crippen molar-refractivity contribution in [1.29, 1.82) is 0 Å². The molecule has 0 atom stereocenters. The standard InChI is InChI=1S/C16H27ClN2O2/c1-5-19(6-2)8-9-21-16-14(17)10-13(12-18-4)11-15(16)20-7-3/h10-11,18H,5-9,12H2,1-4H3. The van der Waals surface area contributed by atoms with Gasteiger partial charge in [-0.2, -0.15) is 0 Å². The molecule has 0 heterocycles. The van der Waals surface area contributed by atoms with Crippen molar-refractivity contribution in [3.05, 3.63) is 22.7 Å². The molecule has 120 valence electrons. The van der Waals surface area contributed by atoms with Gasteiger partial charge in [0, 0.05) is 13.1 Å². The van der Waals surface area contributed by atoms with Crippen LogP contribution in [0.5, 0.6) is 11.5 Å². The van der Waals surface area contributed by atoms with E-state index < -0.39 is 0 Å². The minimum absolute atomic E-state index is 0.589. The van der Waals surface area contributed by atoms with Gasteiger partial charge in [-0.3, -0.25) is 0 Å². The Labute approximate surface area is 133 Å². The van der Waals surface area contributed by atoms with E-state index in [0.29, 0.717) is 24.0 Å². The number of nitrogens with one attached hydrogen (secondary N) is 1. The van der Waals surface area contributed by atoms with Gasteiger partial charge in [0.25, 0.3) is 0 Å². The Morgan fingerprint density at radius 2 is 1.86 bits per heavy atom. The minimum Gasteiger partial charge on any atom is -0.490 e. The zero-order valence-electron chi connectivity index (χ0n) is 13.5. The zero-order chi connectivity index (χ0) is 15.7. The summed E-state index contributed by atoms with van der Waals surface area (Å²) in [5.74, 6) is 1.36. The van der Waals surface area contributed by atoms with Gasteiger partial charge >= 0.3 is 0 Å². The van der Waals surface area contributed by atoms with Gasteiger partial charge in [-0.05, 0) is 44.8 Å². The van der Waals surface area contributed by atoms with Crippen molar-refractivity contribution in [3.8, 4) is 11.5 Å². The van der Waals surface area contributed by atoms with Crippen LogP contribution in [0, 0.1) is 0 Å². The summed E-state index contributed by atoms with van der Waals surface area (Å²) in [7, 11) is 1.91. The summed E-state index contributed by atoms with van der Waals surface area (Å²) in [6.07, 6.45) is 0. The highest BCUT2D eigenvalue weighted by atomic mass is 35.5. The highest BCUT2D eigenvalue weighted by Crippen LogP contribution is 2.36. The van der Waals surface area contributed by atoms with E-state index in [0.717, 1.165) is 37.5 Å². The molecule has 21 heavy (non-hydrogen) atoms. The molecule has 1 N–H and O–H groups in total. The molecule has 1 aromatic rings. The van der Waals surface area contributed by atoms with Crippen LogP contribution in [0.15, 0.2) is 12.1 Å². The Morgan fingerprint density at radius 1 is 1.14 bits per heavy atom. The van der Waals surface area contributed by atoms with Crippen molar-refractivity contribution >= 4 is 11.6 Å². The molecule has 4 nitrogen and oxygen atoms in total. The topological polar surface area (TPSA) is 33.7 Å². The molecule has 0 aliphatic rings. The number of rotatable bonds is 10. The molecule has 1 aromatic carbocycles. The number of halogens is 1. The Morgan fingerprint density at radius 3 is 2.43 bits per heavy atom. The van der Waals surface area contributed by atoms with Gasteiger partial charge in [0.1, 0.15) is 6.61 Å². The average molecular weight is 315 g/mol. The van der Waals surface area contributed by atoms with E-state index in [1.54, 1.807) is 0 Å². The SMILES string of the molecule is CCOc1cc(CNC)cc(Cl)c1OCCN(CC)CC. The van der Waals surface area contributed by atoms with Crippen LogP contribution in [0.25, 0.3) is 0 Å². The van der Waals surface area contributed by atoms with Crippen molar-refractivity contribution < 1.29 is 9.47 Å². The van der Waals surface area contributed by atoms with Crippen LogP contribution in [0.4, 0.5) is 0 Å². The summed E-state index contributed by atoms with van der Waals surface area (Å²) in [5.41, 5.74) is 1.09. The lowest BCUT2D eigenvalue weighted by Gasteiger charge is -2.20. The molecule has 0 aromatic heterocycles. The summed E-state index contributed by atoms with van der Waals surface area (Å²) in [5, 5.41) is 3.71. The molecule has 0 aliphatic heterocycles. The van der Waals surface area contributed by atoms with Crippen LogP contribution in [0.1, 0.15) is 26.3 Å². The van der Waals surface area contributed by atoms with Crippen molar-refractivity contribution in [1.82, 2.24) is 10.2 Å².